The van der Waals surface area contributed by atoms with Crippen LogP contribution in [0.15, 0.2) is 12.1 Å². The molecule has 1 aliphatic heterocycles. The molecule has 0 amide bonds. The average Bonchev–Trinajstić information content (AvgIpc) is 2.30. The summed E-state index contributed by atoms with van der Waals surface area (Å²) < 4.78 is 10.9. The third kappa shape index (κ3) is 2.09. The second-order valence-electron chi connectivity index (χ2n) is 3.57. The van der Waals surface area contributed by atoms with Crippen LogP contribution >= 0.6 is 11.6 Å². The maximum Gasteiger partial charge on any atom is 0.180 e. The molecule has 0 spiro atoms. The number of benzene rings is 1. The van der Waals surface area contributed by atoms with Gasteiger partial charge in [0.2, 0.25) is 0 Å². The fourth-order valence-electron chi connectivity index (χ4n) is 1.69. The van der Waals surface area contributed by atoms with Crippen LogP contribution in [0.5, 0.6) is 11.5 Å². The van der Waals surface area contributed by atoms with Gasteiger partial charge in [-0.2, -0.15) is 0 Å². The zero-order valence-electron chi connectivity index (χ0n) is 9.00. The molecule has 2 N–H and O–H groups in total. The number of ether oxygens (including phenoxy) is 2. The first-order valence-electron chi connectivity index (χ1n) is 5.14. The molecule has 88 valence electrons. The van der Waals surface area contributed by atoms with Crippen LogP contribution in [0, 0.1) is 0 Å². The van der Waals surface area contributed by atoms with Gasteiger partial charge in [0, 0.05) is 12.1 Å². The molecule has 2 rings (SSSR count). The van der Waals surface area contributed by atoms with Gasteiger partial charge in [-0.15, -0.1) is 0 Å². The number of likely N-dealkylation sites (N-methyl/N-ethyl adjacent to an activating group) is 1. The highest BCUT2D eigenvalue weighted by atomic mass is 35.5. The Morgan fingerprint density at radius 3 is 2.75 bits per heavy atom. The summed E-state index contributed by atoms with van der Waals surface area (Å²) in [5.41, 5.74) is 0.702. The van der Waals surface area contributed by atoms with Crippen molar-refractivity contribution in [3.63, 3.8) is 0 Å². The number of halogens is 1. The van der Waals surface area contributed by atoms with E-state index in [0.717, 1.165) is 0 Å². The fraction of sp³-hybridized carbons (Fsp3) is 0.455. The average molecular weight is 244 g/mol. The second-order valence-corrected chi connectivity index (χ2v) is 3.97. The van der Waals surface area contributed by atoms with E-state index in [0.29, 0.717) is 41.8 Å². The van der Waals surface area contributed by atoms with E-state index in [-0.39, 0.29) is 0 Å². The minimum atomic E-state index is -0.627. The molecule has 1 heterocycles. The first-order chi connectivity index (χ1) is 7.74. The number of hydrogen-bond acceptors (Lipinski definition) is 4. The van der Waals surface area contributed by atoms with Crippen LogP contribution in [-0.4, -0.2) is 31.9 Å². The summed E-state index contributed by atoms with van der Waals surface area (Å²) in [6, 6.07) is 3.47. The molecule has 1 unspecified atom stereocenters. The van der Waals surface area contributed by atoms with E-state index >= 15 is 0 Å². The molecule has 0 aromatic heterocycles. The van der Waals surface area contributed by atoms with E-state index in [1.165, 1.54) is 0 Å². The fourth-order valence-corrected chi connectivity index (χ4v) is 1.89. The molecular formula is C11H14ClNO3. The summed E-state index contributed by atoms with van der Waals surface area (Å²) in [5.74, 6) is 1.09. The predicted molar refractivity (Wildman–Crippen MR) is 61.3 cm³/mol. The Hall–Kier alpha value is -0.970. The first-order valence-corrected chi connectivity index (χ1v) is 5.52. The zero-order chi connectivity index (χ0) is 11.5. The van der Waals surface area contributed by atoms with Crippen molar-refractivity contribution in [2.45, 2.75) is 6.10 Å². The van der Waals surface area contributed by atoms with Gasteiger partial charge in [0.1, 0.15) is 13.2 Å². The number of rotatable bonds is 3. The van der Waals surface area contributed by atoms with Gasteiger partial charge in [0.15, 0.2) is 11.5 Å². The van der Waals surface area contributed by atoms with Crippen LogP contribution in [0.1, 0.15) is 11.7 Å². The highest BCUT2D eigenvalue weighted by Gasteiger charge is 2.22. The van der Waals surface area contributed by atoms with E-state index in [2.05, 4.69) is 5.32 Å². The normalized spacial score (nSPS) is 15.9. The highest BCUT2D eigenvalue weighted by molar-refractivity contribution is 6.32. The van der Waals surface area contributed by atoms with Crippen LogP contribution in [0.4, 0.5) is 0 Å². The molecule has 1 aromatic rings. The maximum absolute atomic E-state index is 9.93. The van der Waals surface area contributed by atoms with Crippen LogP contribution < -0.4 is 14.8 Å². The SMILES string of the molecule is CNCC(O)c1ccc(Cl)c2c1OCCO2. The Labute approximate surface area is 99.1 Å². The monoisotopic (exact) mass is 243 g/mol. The van der Waals surface area contributed by atoms with Crippen LogP contribution in [0.2, 0.25) is 5.02 Å². The van der Waals surface area contributed by atoms with Crippen molar-refractivity contribution in [3.8, 4) is 11.5 Å². The molecule has 1 atom stereocenters. The van der Waals surface area contributed by atoms with Crippen molar-refractivity contribution in [1.82, 2.24) is 5.32 Å². The Bertz CT molecular complexity index is 384. The third-order valence-corrected chi connectivity index (χ3v) is 2.72. The molecule has 0 fully saturated rings. The molecule has 0 bridgehead atoms. The van der Waals surface area contributed by atoms with Gasteiger partial charge in [-0.05, 0) is 13.1 Å². The summed E-state index contributed by atoms with van der Waals surface area (Å²) >= 11 is 5.99. The Morgan fingerprint density at radius 2 is 2.06 bits per heavy atom. The molecule has 0 saturated carbocycles. The van der Waals surface area contributed by atoms with Gasteiger partial charge >= 0.3 is 0 Å². The van der Waals surface area contributed by atoms with Crippen molar-refractivity contribution >= 4 is 11.6 Å². The van der Waals surface area contributed by atoms with Gasteiger partial charge < -0.3 is 19.9 Å². The number of fused-ring (bicyclic) bond motifs is 1. The lowest BCUT2D eigenvalue weighted by atomic mass is 10.1. The van der Waals surface area contributed by atoms with Crippen molar-refractivity contribution in [2.75, 3.05) is 26.8 Å². The summed E-state index contributed by atoms with van der Waals surface area (Å²) in [5, 5.41) is 13.3. The van der Waals surface area contributed by atoms with E-state index in [1.807, 2.05) is 0 Å². The summed E-state index contributed by atoms with van der Waals surface area (Å²) in [4.78, 5) is 0. The highest BCUT2D eigenvalue weighted by Crippen LogP contribution is 2.42. The van der Waals surface area contributed by atoms with Gasteiger partial charge in [-0.3, -0.25) is 0 Å². The van der Waals surface area contributed by atoms with Crippen LogP contribution in [0.25, 0.3) is 0 Å². The molecule has 0 aliphatic carbocycles. The third-order valence-electron chi connectivity index (χ3n) is 2.43. The number of aliphatic hydroxyl groups is 1. The first kappa shape index (κ1) is 11.5. The molecule has 1 aromatic carbocycles. The Kier molecular flexibility index (Phi) is 3.53. The molecule has 4 nitrogen and oxygen atoms in total. The smallest absolute Gasteiger partial charge is 0.180 e. The summed E-state index contributed by atoms with van der Waals surface area (Å²) in [7, 11) is 1.78. The van der Waals surface area contributed by atoms with Gasteiger partial charge in [-0.1, -0.05) is 17.7 Å². The van der Waals surface area contributed by atoms with Crippen LogP contribution in [0.3, 0.4) is 0 Å². The maximum atomic E-state index is 9.93. The quantitative estimate of drug-likeness (QED) is 0.842. The lowest BCUT2D eigenvalue weighted by molar-refractivity contribution is 0.146. The summed E-state index contributed by atoms with van der Waals surface area (Å²) in [6.45, 7) is 1.42. The second kappa shape index (κ2) is 4.91. The minimum Gasteiger partial charge on any atom is -0.486 e. The van der Waals surface area contributed by atoms with E-state index in [1.54, 1.807) is 19.2 Å². The zero-order valence-corrected chi connectivity index (χ0v) is 9.75. The predicted octanol–water partition coefficient (Wildman–Crippen LogP) is 1.36. The molecule has 16 heavy (non-hydrogen) atoms. The molecular weight excluding hydrogens is 230 g/mol. The van der Waals surface area contributed by atoms with Gasteiger partial charge in [-0.25, -0.2) is 0 Å². The molecule has 0 radical (unpaired) electrons. The lowest BCUT2D eigenvalue weighted by Gasteiger charge is -2.23. The van der Waals surface area contributed by atoms with E-state index < -0.39 is 6.10 Å². The van der Waals surface area contributed by atoms with E-state index in [4.69, 9.17) is 21.1 Å². The number of nitrogens with one attached hydrogen (secondary N) is 1. The van der Waals surface area contributed by atoms with Gasteiger partial charge in [0.25, 0.3) is 0 Å². The van der Waals surface area contributed by atoms with Crippen LogP contribution in [-0.2, 0) is 0 Å². The minimum absolute atomic E-state index is 0.456. The number of aliphatic hydroxyl groups excluding tert-OH is 1. The molecule has 1 aliphatic rings. The van der Waals surface area contributed by atoms with Crippen molar-refractivity contribution < 1.29 is 14.6 Å². The summed E-state index contributed by atoms with van der Waals surface area (Å²) in [6.07, 6.45) is -0.627. The van der Waals surface area contributed by atoms with Crippen molar-refractivity contribution in [3.05, 3.63) is 22.7 Å². The van der Waals surface area contributed by atoms with Crippen molar-refractivity contribution in [1.29, 1.82) is 0 Å². The lowest BCUT2D eigenvalue weighted by Crippen LogP contribution is -2.21. The Morgan fingerprint density at radius 1 is 1.38 bits per heavy atom. The molecule has 0 saturated heterocycles. The topological polar surface area (TPSA) is 50.7 Å². The van der Waals surface area contributed by atoms with E-state index in [9.17, 15) is 5.11 Å². The largest absolute Gasteiger partial charge is 0.486 e. The van der Waals surface area contributed by atoms with Gasteiger partial charge in [0.05, 0.1) is 11.1 Å². The Balaban J connectivity index is 2.38. The standard InChI is InChI=1S/C11H14ClNO3/c1-13-6-9(14)7-2-3-8(12)11-10(7)15-4-5-16-11/h2-3,9,13-14H,4-6H2,1H3. The number of hydrogen-bond donors (Lipinski definition) is 2. The van der Waals surface area contributed by atoms with Crippen molar-refractivity contribution in [2.24, 2.45) is 0 Å². The molecule has 5 heteroatoms.